The fourth-order valence-electron chi connectivity index (χ4n) is 3.77. The molecule has 0 saturated carbocycles. The highest BCUT2D eigenvalue weighted by molar-refractivity contribution is 5.75. The van der Waals surface area contributed by atoms with Gasteiger partial charge in [0.05, 0.1) is 25.3 Å². The number of amides is 2. The van der Waals surface area contributed by atoms with Crippen molar-refractivity contribution in [3.8, 4) is 0 Å². The second kappa shape index (κ2) is 9.20. The van der Waals surface area contributed by atoms with Crippen LogP contribution in [0.2, 0.25) is 0 Å². The average molecular weight is 346 g/mol. The molecule has 2 aliphatic heterocycles. The summed E-state index contributed by atoms with van der Waals surface area (Å²) in [4.78, 5) is 14.9. The molecule has 138 valence electrons. The molecule has 5 heteroatoms. The molecule has 0 unspecified atom stereocenters. The Morgan fingerprint density at radius 2 is 1.96 bits per heavy atom. The number of morpholine rings is 1. The fraction of sp³-hybridized carbons (Fsp3) is 0.650. The minimum Gasteiger partial charge on any atom is -0.381 e. The van der Waals surface area contributed by atoms with Gasteiger partial charge >= 0.3 is 6.03 Å². The first-order valence-corrected chi connectivity index (χ1v) is 9.55. The molecule has 1 aromatic carbocycles. The van der Waals surface area contributed by atoms with E-state index in [-0.39, 0.29) is 18.1 Å². The van der Waals surface area contributed by atoms with E-state index < -0.39 is 0 Å². The Hall–Kier alpha value is -1.59. The summed E-state index contributed by atoms with van der Waals surface area (Å²) in [5.74, 6) is 0.603. The highest BCUT2D eigenvalue weighted by Gasteiger charge is 2.29. The lowest BCUT2D eigenvalue weighted by Gasteiger charge is -2.37. The summed E-state index contributed by atoms with van der Waals surface area (Å²) in [7, 11) is 0. The first-order chi connectivity index (χ1) is 12.3. The van der Waals surface area contributed by atoms with Crippen LogP contribution in [0.3, 0.4) is 0 Å². The number of ether oxygens (including phenoxy) is 2. The number of hydrogen-bond donors (Lipinski definition) is 1. The Bertz CT molecular complexity index is 531. The molecule has 2 heterocycles. The summed E-state index contributed by atoms with van der Waals surface area (Å²) < 4.78 is 11.0. The van der Waals surface area contributed by atoms with E-state index in [4.69, 9.17) is 9.47 Å². The van der Waals surface area contributed by atoms with Crippen molar-refractivity contribution in [2.24, 2.45) is 5.92 Å². The predicted octanol–water partition coefficient (Wildman–Crippen LogP) is 3.36. The lowest BCUT2D eigenvalue weighted by atomic mass is 9.89. The monoisotopic (exact) mass is 346 g/mol. The molecule has 2 atom stereocenters. The van der Waals surface area contributed by atoms with Crippen LogP contribution in [0.5, 0.6) is 0 Å². The van der Waals surface area contributed by atoms with Crippen LogP contribution in [0.1, 0.15) is 44.2 Å². The third kappa shape index (κ3) is 4.95. The first-order valence-electron chi connectivity index (χ1n) is 9.55. The predicted molar refractivity (Wildman–Crippen MR) is 97.5 cm³/mol. The molecule has 25 heavy (non-hydrogen) atoms. The SMILES string of the molecule is CC[C@H]1COCCN1C(=O)N[C@H](CC1CCOCC1)c1ccccc1. The highest BCUT2D eigenvalue weighted by Crippen LogP contribution is 2.28. The Kier molecular flexibility index (Phi) is 6.70. The summed E-state index contributed by atoms with van der Waals surface area (Å²) in [6.07, 6.45) is 4.05. The van der Waals surface area contributed by atoms with Crippen LogP contribution in [0, 0.1) is 5.92 Å². The van der Waals surface area contributed by atoms with Crippen LogP contribution >= 0.6 is 0 Å². The zero-order valence-corrected chi connectivity index (χ0v) is 15.2. The first kappa shape index (κ1) is 18.2. The van der Waals surface area contributed by atoms with Crippen molar-refractivity contribution < 1.29 is 14.3 Å². The molecule has 0 aromatic heterocycles. The Labute approximate surface area is 150 Å². The summed E-state index contributed by atoms with van der Waals surface area (Å²) in [5, 5.41) is 3.31. The van der Waals surface area contributed by atoms with Gasteiger partial charge in [-0.2, -0.15) is 0 Å². The van der Waals surface area contributed by atoms with Crippen molar-refractivity contribution in [1.82, 2.24) is 10.2 Å². The van der Waals surface area contributed by atoms with Crippen LogP contribution in [-0.2, 0) is 9.47 Å². The van der Waals surface area contributed by atoms with Crippen LogP contribution in [-0.4, -0.2) is 49.9 Å². The van der Waals surface area contributed by atoms with Gasteiger partial charge in [0.15, 0.2) is 0 Å². The van der Waals surface area contributed by atoms with Gasteiger partial charge in [-0.25, -0.2) is 4.79 Å². The molecule has 5 nitrogen and oxygen atoms in total. The Morgan fingerprint density at radius 1 is 1.20 bits per heavy atom. The van der Waals surface area contributed by atoms with E-state index in [2.05, 4.69) is 24.4 Å². The lowest BCUT2D eigenvalue weighted by Crippen LogP contribution is -2.53. The van der Waals surface area contributed by atoms with Crippen LogP contribution in [0.4, 0.5) is 4.79 Å². The zero-order chi connectivity index (χ0) is 17.5. The summed E-state index contributed by atoms with van der Waals surface area (Å²) >= 11 is 0. The normalized spacial score (nSPS) is 23.2. The van der Waals surface area contributed by atoms with Gasteiger partial charge < -0.3 is 19.7 Å². The van der Waals surface area contributed by atoms with Gasteiger partial charge in [-0.05, 0) is 37.2 Å². The second-order valence-corrected chi connectivity index (χ2v) is 7.03. The van der Waals surface area contributed by atoms with E-state index >= 15 is 0 Å². The number of carbonyl (C=O) groups is 1. The third-order valence-electron chi connectivity index (χ3n) is 5.37. The molecule has 0 radical (unpaired) electrons. The smallest absolute Gasteiger partial charge is 0.318 e. The Balaban J connectivity index is 1.69. The summed E-state index contributed by atoms with van der Waals surface area (Å²) in [6, 6.07) is 10.6. The molecule has 2 aliphatic rings. The van der Waals surface area contributed by atoms with E-state index in [0.717, 1.165) is 38.9 Å². The van der Waals surface area contributed by atoms with Gasteiger partial charge in [0.1, 0.15) is 0 Å². The molecule has 3 rings (SSSR count). The Morgan fingerprint density at radius 3 is 2.68 bits per heavy atom. The summed E-state index contributed by atoms with van der Waals surface area (Å²) in [5.41, 5.74) is 1.18. The number of rotatable bonds is 5. The third-order valence-corrected chi connectivity index (χ3v) is 5.37. The molecular formula is C20H30N2O3. The molecule has 1 aromatic rings. The van der Waals surface area contributed by atoms with E-state index in [1.807, 2.05) is 23.1 Å². The largest absolute Gasteiger partial charge is 0.381 e. The maximum Gasteiger partial charge on any atom is 0.318 e. The van der Waals surface area contributed by atoms with E-state index in [1.54, 1.807) is 0 Å². The van der Waals surface area contributed by atoms with Crippen molar-refractivity contribution in [3.63, 3.8) is 0 Å². The minimum absolute atomic E-state index is 0.0380. The van der Waals surface area contributed by atoms with Crippen molar-refractivity contribution in [3.05, 3.63) is 35.9 Å². The maximum atomic E-state index is 12.9. The van der Waals surface area contributed by atoms with Gasteiger partial charge in [-0.15, -0.1) is 0 Å². The lowest BCUT2D eigenvalue weighted by molar-refractivity contribution is 0.0102. The number of hydrogen-bond acceptors (Lipinski definition) is 3. The molecule has 0 spiro atoms. The molecule has 2 fully saturated rings. The minimum atomic E-state index is 0.0380. The van der Waals surface area contributed by atoms with Gasteiger partial charge in [0, 0.05) is 19.8 Å². The average Bonchev–Trinajstić information content (AvgIpc) is 2.69. The molecular weight excluding hydrogens is 316 g/mol. The molecule has 2 saturated heterocycles. The van der Waals surface area contributed by atoms with E-state index in [9.17, 15) is 4.79 Å². The summed E-state index contributed by atoms with van der Waals surface area (Å²) in [6.45, 7) is 5.71. The topological polar surface area (TPSA) is 50.8 Å². The number of nitrogens with zero attached hydrogens (tertiary/aromatic N) is 1. The van der Waals surface area contributed by atoms with E-state index in [1.165, 1.54) is 5.56 Å². The van der Waals surface area contributed by atoms with Crippen LogP contribution < -0.4 is 5.32 Å². The highest BCUT2D eigenvalue weighted by atomic mass is 16.5. The molecule has 2 amide bonds. The van der Waals surface area contributed by atoms with Crippen molar-refractivity contribution >= 4 is 6.03 Å². The van der Waals surface area contributed by atoms with Crippen molar-refractivity contribution in [2.45, 2.75) is 44.7 Å². The van der Waals surface area contributed by atoms with Crippen molar-refractivity contribution in [1.29, 1.82) is 0 Å². The quantitative estimate of drug-likeness (QED) is 0.889. The standard InChI is InChI=1S/C20H30N2O3/c1-2-18-15-25-13-10-22(18)20(23)21-19(17-6-4-3-5-7-17)14-16-8-11-24-12-9-16/h3-7,16,18-19H,2,8-15H2,1H3,(H,21,23)/t18-,19+/m0/s1. The fourth-order valence-corrected chi connectivity index (χ4v) is 3.77. The van der Waals surface area contributed by atoms with E-state index in [0.29, 0.717) is 25.7 Å². The van der Waals surface area contributed by atoms with Crippen molar-refractivity contribution in [2.75, 3.05) is 33.0 Å². The van der Waals surface area contributed by atoms with Gasteiger partial charge in [-0.3, -0.25) is 0 Å². The second-order valence-electron chi connectivity index (χ2n) is 7.03. The van der Waals surface area contributed by atoms with Crippen LogP contribution in [0.25, 0.3) is 0 Å². The molecule has 0 bridgehead atoms. The number of benzene rings is 1. The number of nitrogens with one attached hydrogen (secondary N) is 1. The van der Waals surface area contributed by atoms with Gasteiger partial charge in [-0.1, -0.05) is 37.3 Å². The number of urea groups is 1. The maximum absolute atomic E-state index is 12.9. The zero-order valence-electron chi connectivity index (χ0n) is 15.2. The molecule has 0 aliphatic carbocycles. The number of carbonyl (C=O) groups excluding carboxylic acids is 1. The van der Waals surface area contributed by atoms with Crippen LogP contribution in [0.15, 0.2) is 30.3 Å². The molecule has 1 N–H and O–H groups in total. The van der Waals surface area contributed by atoms with Gasteiger partial charge in [0.25, 0.3) is 0 Å². The van der Waals surface area contributed by atoms with Gasteiger partial charge in [0.2, 0.25) is 0 Å².